The first-order valence-electron chi connectivity index (χ1n) is 8.21. The standard InChI is InChI=1S/C19H18N4O3/c1-2-10-26-15-5-3-4-14(12-15)22-19(25)23-18(24)13-6-7-16-17(11-13)21-9-8-20-16/h3-9,11-12H,2,10H2,1H3,(H2,22,23,24,25). The summed E-state index contributed by atoms with van der Waals surface area (Å²) in [5, 5.41) is 4.91. The van der Waals surface area contributed by atoms with Gasteiger partial charge in [0.25, 0.3) is 5.91 Å². The molecule has 3 amide bonds. The number of aromatic nitrogens is 2. The van der Waals surface area contributed by atoms with E-state index in [0.29, 0.717) is 34.6 Å². The maximum atomic E-state index is 12.3. The summed E-state index contributed by atoms with van der Waals surface area (Å²) in [6.07, 6.45) is 4.01. The maximum absolute atomic E-state index is 12.3. The van der Waals surface area contributed by atoms with E-state index in [1.807, 2.05) is 6.92 Å². The molecule has 0 spiro atoms. The summed E-state index contributed by atoms with van der Waals surface area (Å²) in [6.45, 7) is 2.61. The van der Waals surface area contributed by atoms with Crippen LogP contribution in [0, 0.1) is 0 Å². The zero-order valence-electron chi connectivity index (χ0n) is 14.2. The van der Waals surface area contributed by atoms with Crippen molar-refractivity contribution in [3.8, 4) is 5.75 Å². The van der Waals surface area contributed by atoms with Crippen LogP contribution in [0.2, 0.25) is 0 Å². The molecule has 0 saturated carbocycles. The smallest absolute Gasteiger partial charge is 0.326 e. The lowest BCUT2D eigenvalue weighted by molar-refractivity contribution is 0.0967. The number of nitrogens with zero attached hydrogens (tertiary/aromatic N) is 2. The molecule has 0 fully saturated rings. The van der Waals surface area contributed by atoms with Crippen LogP contribution in [0.25, 0.3) is 11.0 Å². The van der Waals surface area contributed by atoms with Gasteiger partial charge in [0.2, 0.25) is 0 Å². The van der Waals surface area contributed by atoms with Gasteiger partial charge in [-0.15, -0.1) is 0 Å². The van der Waals surface area contributed by atoms with Crippen LogP contribution in [-0.2, 0) is 0 Å². The number of fused-ring (bicyclic) bond motifs is 1. The van der Waals surface area contributed by atoms with Crippen molar-refractivity contribution in [3.05, 3.63) is 60.4 Å². The molecule has 132 valence electrons. The van der Waals surface area contributed by atoms with Crippen molar-refractivity contribution in [2.75, 3.05) is 11.9 Å². The molecule has 26 heavy (non-hydrogen) atoms. The number of urea groups is 1. The number of benzene rings is 2. The van der Waals surface area contributed by atoms with Crippen LogP contribution >= 0.6 is 0 Å². The molecule has 7 heteroatoms. The summed E-state index contributed by atoms with van der Waals surface area (Å²) >= 11 is 0. The van der Waals surface area contributed by atoms with Crippen molar-refractivity contribution >= 4 is 28.7 Å². The highest BCUT2D eigenvalue weighted by Crippen LogP contribution is 2.17. The van der Waals surface area contributed by atoms with Gasteiger partial charge in [-0.3, -0.25) is 20.1 Å². The fraction of sp³-hybridized carbons (Fsp3) is 0.158. The van der Waals surface area contributed by atoms with Gasteiger partial charge in [-0.1, -0.05) is 13.0 Å². The van der Waals surface area contributed by atoms with Gasteiger partial charge in [-0.2, -0.15) is 0 Å². The summed E-state index contributed by atoms with van der Waals surface area (Å²) in [5.74, 6) is 0.137. The van der Waals surface area contributed by atoms with E-state index in [2.05, 4.69) is 20.6 Å². The first kappa shape index (κ1) is 17.3. The van der Waals surface area contributed by atoms with Gasteiger partial charge < -0.3 is 10.1 Å². The molecule has 7 nitrogen and oxygen atoms in total. The molecule has 3 rings (SSSR count). The van der Waals surface area contributed by atoms with Gasteiger partial charge >= 0.3 is 6.03 Å². The Morgan fingerprint density at radius 3 is 2.65 bits per heavy atom. The number of hydrogen-bond donors (Lipinski definition) is 2. The zero-order chi connectivity index (χ0) is 18.4. The number of carbonyl (C=O) groups is 2. The van der Waals surface area contributed by atoms with E-state index < -0.39 is 11.9 Å². The van der Waals surface area contributed by atoms with Gasteiger partial charge in [-0.05, 0) is 36.8 Å². The molecule has 0 aliphatic heterocycles. The predicted octanol–water partition coefficient (Wildman–Crippen LogP) is 3.38. The third-order valence-electron chi connectivity index (χ3n) is 3.52. The fourth-order valence-electron chi connectivity index (χ4n) is 2.33. The van der Waals surface area contributed by atoms with Crippen molar-refractivity contribution < 1.29 is 14.3 Å². The lowest BCUT2D eigenvalue weighted by Crippen LogP contribution is -2.34. The highest BCUT2D eigenvalue weighted by atomic mass is 16.5. The second-order valence-electron chi connectivity index (χ2n) is 5.54. The third-order valence-corrected chi connectivity index (χ3v) is 3.52. The molecule has 0 radical (unpaired) electrons. The van der Waals surface area contributed by atoms with E-state index in [-0.39, 0.29) is 0 Å². The van der Waals surface area contributed by atoms with Crippen LogP contribution in [0.1, 0.15) is 23.7 Å². The fourth-order valence-corrected chi connectivity index (χ4v) is 2.33. The summed E-state index contributed by atoms with van der Waals surface area (Å²) in [4.78, 5) is 32.6. The molecule has 0 aliphatic carbocycles. The van der Waals surface area contributed by atoms with Crippen LogP contribution in [0.15, 0.2) is 54.9 Å². The van der Waals surface area contributed by atoms with E-state index in [9.17, 15) is 9.59 Å². The van der Waals surface area contributed by atoms with E-state index in [1.165, 1.54) is 0 Å². The molecule has 1 aromatic heterocycles. The molecular weight excluding hydrogens is 332 g/mol. The van der Waals surface area contributed by atoms with Crippen LogP contribution < -0.4 is 15.4 Å². The Balaban J connectivity index is 1.64. The number of ether oxygens (including phenoxy) is 1. The van der Waals surface area contributed by atoms with Crippen molar-refractivity contribution in [1.82, 2.24) is 15.3 Å². The molecule has 0 aliphatic rings. The van der Waals surface area contributed by atoms with Gasteiger partial charge in [0.1, 0.15) is 5.75 Å². The second kappa shape index (κ2) is 8.06. The number of rotatable bonds is 5. The predicted molar refractivity (Wildman–Crippen MR) is 98.3 cm³/mol. The molecule has 2 N–H and O–H groups in total. The molecule has 0 atom stereocenters. The minimum atomic E-state index is -0.623. The van der Waals surface area contributed by atoms with E-state index in [4.69, 9.17) is 4.74 Å². The van der Waals surface area contributed by atoms with Crippen molar-refractivity contribution in [2.45, 2.75) is 13.3 Å². The summed E-state index contributed by atoms with van der Waals surface area (Å²) in [7, 11) is 0. The first-order valence-corrected chi connectivity index (χ1v) is 8.21. The zero-order valence-corrected chi connectivity index (χ0v) is 14.2. The third kappa shape index (κ3) is 4.32. The van der Waals surface area contributed by atoms with Crippen molar-refractivity contribution in [2.24, 2.45) is 0 Å². The second-order valence-corrected chi connectivity index (χ2v) is 5.54. The molecule has 0 saturated heterocycles. The quantitative estimate of drug-likeness (QED) is 0.736. The lowest BCUT2D eigenvalue weighted by Gasteiger charge is -2.09. The summed E-state index contributed by atoms with van der Waals surface area (Å²) < 4.78 is 5.52. The number of carbonyl (C=O) groups excluding carboxylic acids is 2. The number of amides is 3. The largest absolute Gasteiger partial charge is 0.494 e. The molecule has 0 unspecified atom stereocenters. The van der Waals surface area contributed by atoms with Gasteiger partial charge in [-0.25, -0.2) is 4.79 Å². The van der Waals surface area contributed by atoms with Crippen molar-refractivity contribution in [3.63, 3.8) is 0 Å². The number of hydrogen-bond acceptors (Lipinski definition) is 5. The topological polar surface area (TPSA) is 93.2 Å². The van der Waals surface area contributed by atoms with Crippen LogP contribution in [0.4, 0.5) is 10.5 Å². The Morgan fingerprint density at radius 1 is 1.04 bits per heavy atom. The summed E-state index contributed by atoms with van der Waals surface area (Å²) in [5.41, 5.74) is 2.13. The average molecular weight is 350 g/mol. The lowest BCUT2D eigenvalue weighted by atomic mass is 10.2. The van der Waals surface area contributed by atoms with Gasteiger partial charge in [0.15, 0.2) is 0 Å². The number of anilines is 1. The minimum Gasteiger partial charge on any atom is -0.494 e. The molecule has 2 aromatic carbocycles. The Kier molecular flexibility index (Phi) is 5.38. The van der Waals surface area contributed by atoms with Crippen molar-refractivity contribution in [1.29, 1.82) is 0 Å². The Hall–Kier alpha value is -3.48. The van der Waals surface area contributed by atoms with E-state index >= 15 is 0 Å². The maximum Gasteiger partial charge on any atom is 0.326 e. The Bertz CT molecular complexity index is 943. The number of imide groups is 1. The summed E-state index contributed by atoms with van der Waals surface area (Å²) in [6, 6.07) is 11.2. The minimum absolute atomic E-state index is 0.327. The normalized spacial score (nSPS) is 10.3. The van der Waals surface area contributed by atoms with Crippen LogP contribution in [0.3, 0.4) is 0 Å². The molecule has 0 bridgehead atoms. The van der Waals surface area contributed by atoms with Gasteiger partial charge in [0.05, 0.1) is 17.6 Å². The molecule has 3 aromatic rings. The number of nitrogens with one attached hydrogen (secondary N) is 2. The van der Waals surface area contributed by atoms with E-state index in [1.54, 1.807) is 54.9 Å². The SMILES string of the molecule is CCCOc1cccc(NC(=O)NC(=O)c2ccc3nccnc3c2)c1. The highest BCUT2D eigenvalue weighted by molar-refractivity contribution is 6.08. The van der Waals surface area contributed by atoms with Gasteiger partial charge in [0, 0.05) is 29.7 Å². The van der Waals surface area contributed by atoms with Crippen LogP contribution in [0.5, 0.6) is 5.75 Å². The van der Waals surface area contributed by atoms with Crippen LogP contribution in [-0.4, -0.2) is 28.5 Å². The monoisotopic (exact) mass is 350 g/mol. The highest BCUT2D eigenvalue weighted by Gasteiger charge is 2.12. The molecular formula is C19H18N4O3. The average Bonchev–Trinajstić information content (AvgIpc) is 2.66. The Morgan fingerprint density at radius 2 is 1.85 bits per heavy atom. The first-order chi connectivity index (χ1) is 12.7. The Labute approximate surface area is 150 Å². The molecule has 1 heterocycles. The van der Waals surface area contributed by atoms with E-state index in [0.717, 1.165) is 6.42 Å².